The fraction of sp³-hybridized carbons (Fsp3) is 0.105. The molecule has 126 valence electrons. The lowest BCUT2D eigenvalue weighted by molar-refractivity contribution is -0.122. The van der Waals surface area contributed by atoms with Crippen LogP contribution in [-0.4, -0.2) is 25.0 Å². The summed E-state index contributed by atoms with van der Waals surface area (Å²) in [7, 11) is 1.55. The Balaban J connectivity index is 2.00. The second-order valence-electron chi connectivity index (χ2n) is 5.52. The number of imide groups is 2. The molecule has 6 nitrogen and oxygen atoms in total. The summed E-state index contributed by atoms with van der Waals surface area (Å²) in [6.45, 7) is 1.79. The quantitative estimate of drug-likeness (QED) is 0.691. The molecule has 2 aromatic carbocycles. The third kappa shape index (κ3) is 3.14. The topological polar surface area (TPSA) is 75.7 Å². The van der Waals surface area contributed by atoms with E-state index in [0.717, 1.165) is 10.5 Å². The summed E-state index contributed by atoms with van der Waals surface area (Å²) in [6, 6.07) is 13.1. The average Bonchev–Trinajstić information content (AvgIpc) is 2.60. The first-order valence-electron chi connectivity index (χ1n) is 7.62. The van der Waals surface area contributed by atoms with Gasteiger partial charge in [-0.1, -0.05) is 30.3 Å². The van der Waals surface area contributed by atoms with Gasteiger partial charge < -0.3 is 4.74 Å². The smallest absolute Gasteiger partial charge is 0.335 e. The van der Waals surface area contributed by atoms with Gasteiger partial charge in [-0.05, 0) is 42.3 Å². The highest BCUT2D eigenvalue weighted by molar-refractivity contribution is 6.39. The minimum atomic E-state index is -0.754. The largest absolute Gasteiger partial charge is 0.497 e. The molecule has 25 heavy (non-hydrogen) atoms. The number of hydrogen-bond acceptors (Lipinski definition) is 4. The summed E-state index contributed by atoms with van der Waals surface area (Å²) in [5, 5.41) is 2.21. The van der Waals surface area contributed by atoms with Gasteiger partial charge in [0.05, 0.1) is 12.8 Å². The molecule has 0 radical (unpaired) electrons. The van der Waals surface area contributed by atoms with Crippen molar-refractivity contribution in [3.8, 4) is 5.75 Å². The normalized spacial score (nSPS) is 16.2. The molecule has 0 unspecified atom stereocenters. The molecule has 1 aliphatic heterocycles. The van der Waals surface area contributed by atoms with Crippen LogP contribution >= 0.6 is 0 Å². The van der Waals surface area contributed by atoms with Gasteiger partial charge in [0.15, 0.2) is 0 Å². The van der Waals surface area contributed by atoms with E-state index in [0.29, 0.717) is 17.0 Å². The van der Waals surface area contributed by atoms with Crippen molar-refractivity contribution >= 4 is 29.6 Å². The van der Waals surface area contributed by atoms with Crippen LogP contribution in [0.4, 0.5) is 10.5 Å². The Morgan fingerprint density at radius 3 is 2.32 bits per heavy atom. The summed E-state index contributed by atoms with van der Waals surface area (Å²) in [4.78, 5) is 38.1. The molecule has 4 amide bonds. The molecule has 1 heterocycles. The summed E-state index contributed by atoms with van der Waals surface area (Å²) >= 11 is 0. The molecule has 0 spiro atoms. The Morgan fingerprint density at radius 1 is 1.00 bits per heavy atom. The van der Waals surface area contributed by atoms with Gasteiger partial charge in [0, 0.05) is 0 Å². The molecule has 1 N–H and O–H groups in total. The molecule has 2 aromatic rings. The van der Waals surface area contributed by atoms with Gasteiger partial charge in [-0.15, -0.1) is 0 Å². The van der Waals surface area contributed by atoms with E-state index in [-0.39, 0.29) is 5.57 Å². The number of nitrogens with one attached hydrogen (secondary N) is 1. The standard InChI is InChI=1S/C19H16N2O4/c1-12-5-3-4-6-16(12)21-18(23)15(17(22)20-19(21)24)11-13-7-9-14(25-2)10-8-13/h3-11H,1-2H3,(H,20,22,24)/b15-11+. The number of rotatable bonds is 3. The molecule has 6 heteroatoms. The average molecular weight is 336 g/mol. The Hall–Kier alpha value is -3.41. The maximum absolute atomic E-state index is 12.8. The van der Waals surface area contributed by atoms with Gasteiger partial charge in [0.25, 0.3) is 11.8 Å². The molecule has 0 bridgehead atoms. The highest BCUT2D eigenvalue weighted by Gasteiger charge is 2.37. The van der Waals surface area contributed by atoms with E-state index in [1.165, 1.54) is 6.08 Å². The lowest BCUT2D eigenvalue weighted by Crippen LogP contribution is -2.54. The molecule has 1 aliphatic rings. The number of aryl methyl sites for hydroxylation is 1. The molecular weight excluding hydrogens is 320 g/mol. The Kier molecular flexibility index (Phi) is 4.35. The van der Waals surface area contributed by atoms with E-state index < -0.39 is 17.8 Å². The zero-order chi connectivity index (χ0) is 18.0. The first-order valence-corrected chi connectivity index (χ1v) is 7.62. The number of carbonyl (C=O) groups excluding carboxylic acids is 3. The third-order valence-electron chi connectivity index (χ3n) is 3.88. The van der Waals surface area contributed by atoms with Crippen molar-refractivity contribution in [3.05, 3.63) is 65.2 Å². The molecule has 1 fully saturated rings. The number of urea groups is 1. The summed E-state index contributed by atoms with van der Waals surface area (Å²) in [5.41, 5.74) is 1.74. The van der Waals surface area contributed by atoms with Crippen LogP contribution in [0.2, 0.25) is 0 Å². The summed E-state index contributed by atoms with van der Waals surface area (Å²) < 4.78 is 5.08. The molecule has 0 saturated carbocycles. The first kappa shape index (κ1) is 16.4. The van der Waals surface area contributed by atoms with Crippen molar-refractivity contribution < 1.29 is 19.1 Å². The Labute approximate surface area is 144 Å². The van der Waals surface area contributed by atoms with Gasteiger partial charge in [0.2, 0.25) is 0 Å². The zero-order valence-corrected chi connectivity index (χ0v) is 13.8. The monoisotopic (exact) mass is 336 g/mol. The van der Waals surface area contributed by atoms with Crippen molar-refractivity contribution in [2.24, 2.45) is 0 Å². The number of hydrogen-bond donors (Lipinski definition) is 1. The number of amides is 4. The van der Waals surface area contributed by atoms with Crippen LogP contribution in [0.1, 0.15) is 11.1 Å². The van der Waals surface area contributed by atoms with Crippen molar-refractivity contribution in [3.63, 3.8) is 0 Å². The summed E-state index contributed by atoms with van der Waals surface area (Å²) in [5.74, 6) is -0.701. The number of methoxy groups -OCH3 is 1. The highest BCUT2D eigenvalue weighted by atomic mass is 16.5. The number of benzene rings is 2. The lowest BCUT2D eigenvalue weighted by atomic mass is 10.1. The number of carbonyl (C=O) groups is 3. The minimum absolute atomic E-state index is 0.104. The Morgan fingerprint density at radius 2 is 1.68 bits per heavy atom. The predicted molar refractivity (Wildman–Crippen MR) is 93.2 cm³/mol. The predicted octanol–water partition coefficient (Wildman–Crippen LogP) is 2.67. The Bertz CT molecular complexity index is 885. The SMILES string of the molecule is COc1ccc(/C=C2\C(=O)NC(=O)N(c3ccccc3C)C2=O)cc1. The van der Waals surface area contributed by atoms with Crippen molar-refractivity contribution in [2.45, 2.75) is 6.92 Å². The van der Waals surface area contributed by atoms with Gasteiger partial charge in [-0.2, -0.15) is 0 Å². The van der Waals surface area contributed by atoms with E-state index >= 15 is 0 Å². The summed E-state index contributed by atoms with van der Waals surface area (Å²) in [6.07, 6.45) is 1.45. The van der Waals surface area contributed by atoms with Crippen LogP contribution in [-0.2, 0) is 9.59 Å². The number of anilines is 1. The van der Waals surface area contributed by atoms with Crippen LogP contribution < -0.4 is 15.0 Å². The fourth-order valence-electron chi connectivity index (χ4n) is 2.56. The highest BCUT2D eigenvalue weighted by Crippen LogP contribution is 2.25. The molecule has 3 rings (SSSR count). The van der Waals surface area contributed by atoms with E-state index in [1.807, 2.05) is 6.07 Å². The first-order chi connectivity index (χ1) is 12.0. The number of nitrogens with zero attached hydrogens (tertiary/aromatic N) is 1. The van der Waals surface area contributed by atoms with Crippen LogP contribution in [0.25, 0.3) is 6.08 Å². The number of ether oxygens (including phenoxy) is 1. The molecule has 0 aromatic heterocycles. The van der Waals surface area contributed by atoms with Crippen LogP contribution in [0.15, 0.2) is 54.1 Å². The van der Waals surface area contributed by atoms with E-state index in [9.17, 15) is 14.4 Å². The van der Waals surface area contributed by atoms with E-state index in [2.05, 4.69) is 5.32 Å². The number of barbiturate groups is 1. The number of para-hydroxylation sites is 1. The molecule has 1 saturated heterocycles. The zero-order valence-electron chi connectivity index (χ0n) is 13.8. The third-order valence-corrected chi connectivity index (χ3v) is 3.88. The van der Waals surface area contributed by atoms with Crippen LogP contribution in [0.3, 0.4) is 0 Å². The van der Waals surface area contributed by atoms with Crippen LogP contribution in [0.5, 0.6) is 5.75 Å². The van der Waals surface area contributed by atoms with Gasteiger partial charge >= 0.3 is 6.03 Å². The lowest BCUT2D eigenvalue weighted by Gasteiger charge is -2.27. The second-order valence-corrected chi connectivity index (χ2v) is 5.52. The van der Waals surface area contributed by atoms with Gasteiger partial charge in [0.1, 0.15) is 11.3 Å². The maximum Gasteiger partial charge on any atom is 0.335 e. The molecular formula is C19H16N2O4. The maximum atomic E-state index is 12.8. The van der Waals surface area contributed by atoms with E-state index in [4.69, 9.17) is 4.74 Å². The second kappa shape index (κ2) is 6.60. The van der Waals surface area contributed by atoms with Gasteiger partial charge in [-0.3, -0.25) is 14.9 Å². The van der Waals surface area contributed by atoms with Crippen molar-refractivity contribution in [1.29, 1.82) is 0 Å². The van der Waals surface area contributed by atoms with Gasteiger partial charge in [-0.25, -0.2) is 9.69 Å². The molecule has 0 atom stereocenters. The minimum Gasteiger partial charge on any atom is -0.497 e. The van der Waals surface area contributed by atoms with Crippen LogP contribution in [0, 0.1) is 6.92 Å². The van der Waals surface area contributed by atoms with E-state index in [1.54, 1.807) is 56.5 Å². The fourth-order valence-corrected chi connectivity index (χ4v) is 2.56. The van der Waals surface area contributed by atoms with Crippen molar-refractivity contribution in [1.82, 2.24) is 5.32 Å². The molecule has 0 aliphatic carbocycles. The van der Waals surface area contributed by atoms with Crippen molar-refractivity contribution in [2.75, 3.05) is 12.0 Å².